The second-order valence-corrected chi connectivity index (χ2v) is 5.46. The number of hydrogen-bond acceptors (Lipinski definition) is 2. The van der Waals surface area contributed by atoms with Gasteiger partial charge in [0.25, 0.3) is 0 Å². The summed E-state index contributed by atoms with van der Waals surface area (Å²) in [5.41, 5.74) is 10.2. The quantitative estimate of drug-likeness (QED) is 0.799. The van der Waals surface area contributed by atoms with Crippen molar-refractivity contribution in [3.05, 3.63) is 65.2 Å². The smallest absolute Gasteiger partial charge is 0.126 e. The van der Waals surface area contributed by atoms with Crippen molar-refractivity contribution >= 4 is 11.0 Å². The van der Waals surface area contributed by atoms with Crippen LogP contribution in [0.15, 0.2) is 42.5 Å². The van der Waals surface area contributed by atoms with Gasteiger partial charge in [-0.05, 0) is 49.2 Å². The molecule has 0 aliphatic rings. The van der Waals surface area contributed by atoms with Crippen LogP contribution in [0.3, 0.4) is 0 Å². The van der Waals surface area contributed by atoms with E-state index in [-0.39, 0.29) is 11.9 Å². The zero-order valence-corrected chi connectivity index (χ0v) is 12.2. The van der Waals surface area contributed by atoms with Crippen molar-refractivity contribution in [2.45, 2.75) is 26.4 Å². The second-order valence-electron chi connectivity index (χ2n) is 5.46. The van der Waals surface area contributed by atoms with Crippen LogP contribution < -0.4 is 5.73 Å². The zero-order chi connectivity index (χ0) is 15.0. The summed E-state index contributed by atoms with van der Waals surface area (Å²) in [5, 5.41) is 0. The van der Waals surface area contributed by atoms with Gasteiger partial charge >= 0.3 is 0 Å². The van der Waals surface area contributed by atoms with Crippen LogP contribution in [-0.4, -0.2) is 9.55 Å². The molecule has 0 saturated carbocycles. The highest BCUT2D eigenvalue weighted by Gasteiger charge is 2.14. The molecule has 3 rings (SSSR count). The van der Waals surface area contributed by atoms with Crippen molar-refractivity contribution in [1.29, 1.82) is 0 Å². The van der Waals surface area contributed by atoms with E-state index in [4.69, 9.17) is 5.73 Å². The Morgan fingerprint density at radius 2 is 1.90 bits per heavy atom. The van der Waals surface area contributed by atoms with E-state index in [1.807, 2.05) is 13.8 Å². The summed E-state index contributed by atoms with van der Waals surface area (Å²) in [5.74, 6) is 0.622. The van der Waals surface area contributed by atoms with Crippen LogP contribution in [0.4, 0.5) is 4.39 Å². The van der Waals surface area contributed by atoms with Crippen molar-refractivity contribution in [2.24, 2.45) is 5.73 Å². The van der Waals surface area contributed by atoms with Crippen molar-refractivity contribution in [3.63, 3.8) is 0 Å². The van der Waals surface area contributed by atoms with Gasteiger partial charge in [-0.3, -0.25) is 0 Å². The Morgan fingerprint density at radius 1 is 1.19 bits per heavy atom. The molecule has 1 atom stereocenters. The molecule has 0 spiro atoms. The van der Waals surface area contributed by atoms with E-state index in [1.54, 1.807) is 12.1 Å². The molecule has 0 radical (unpaired) electrons. The minimum atomic E-state index is -0.225. The lowest BCUT2D eigenvalue weighted by molar-refractivity contribution is 0.624. The van der Waals surface area contributed by atoms with Gasteiger partial charge in [0.2, 0.25) is 0 Å². The predicted octanol–water partition coefficient (Wildman–Crippen LogP) is 3.55. The van der Waals surface area contributed by atoms with Gasteiger partial charge in [-0.25, -0.2) is 9.37 Å². The molecular formula is C17H18FN3. The fraction of sp³-hybridized carbons (Fsp3) is 0.235. The molecule has 1 aromatic heterocycles. The number of imidazole rings is 1. The average Bonchev–Trinajstić information content (AvgIpc) is 2.79. The lowest BCUT2D eigenvalue weighted by Gasteiger charge is -2.11. The molecule has 1 heterocycles. The van der Waals surface area contributed by atoms with Crippen LogP contribution in [0.1, 0.15) is 29.9 Å². The van der Waals surface area contributed by atoms with Crippen LogP contribution in [-0.2, 0) is 6.54 Å². The SMILES string of the molecule is Cc1ccc2c(c1)nc(C(C)N)n2Cc1ccc(F)cc1. The van der Waals surface area contributed by atoms with Crippen LogP contribution in [0, 0.1) is 12.7 Å². The Kier molecular flexibility index (Phi) is 3.47. The summed E-state index contributed by atoms with van der Waals surface area (Å²) < 4.78 is 15.1. The third-order valence-corrected chi connectivity index (χ3v) is 3.59. The standard InChI is InChI=1S/C17H18FN3/c1-11-3-8-16-15(9-11)20-17(12(2)19)21(16)10-13-4-6-14(18)7-5-13/h3-9,12H,10,19H2,1-2H3. The lowest BCUT2D eigenvalue weighted by atomic mass is 10.2. The molecule has 0 aliphatic carbocycles. The van der Waals surface area contributed by atoms with E-state index in [0.29, 0.717) is 6.54 Å². The van der Waals surface area contributed by atoms with Gasteiger partial charge < -0.3 is 10.3 Å². The number of hydrogen-bond donors (Lipinski definition) is 1. The van der Waals surface area contributed by atoms with E-state index in [1.165, 1.54) is 17.7 Å². The number of benzene rings is 2. The molecule has 1 unspecified atom stereocenters. The normalized spacial score (nSPS) is 12.8. The van der Waals surface area contributed by atoms with Crippen molar-refractivity contribution < 1.29 is 4.39 Å². The summed E-state index contributed by atoms with van der Waals surface area (Å²) in [7, 11) is 0. The molecule has 4 heteroatoms. The first kappa shape index (κ1) is 13.8. The van der Waals surface area contributed by atoms with E-state index in [2.05, 4.69) is 27.8 Å². The largest absolute Gasteiger partial charge is 0.322 e. The number of aromatic nitrogens is 2. The van der Waals surface area contributed by atoms with E-state index < -0.39 is 0 Å². The summed E-state index contributed by atoms with van der Waals surface area (Å²) >= 11 is 0. The fourth-order valence-electron chi connectivity index (χ4n) is 2.54. The van der Waals surface area contributed by atoms with Gasteiger partial charge in [-0.1, -0.05) is 18.2 Å². The van der Waals surface area contributed by atoms with Crippen molar-refractivity contribution in [3.8, 4) is 0 Å². The number of fused-ring (bicyclic) bond motifs is 1. The number of nitrogens with zero attached hydrogens (tertiary/aromatic N) is 2. The molecule has 0 bridgehead atoms. The topological polar surface area (TPSA) is 43.8 Å². The minimum absolute atomic E-state index is 0.154. The first-order chi connectivity index (χ1) is 10.0. The third kappa shape index (κ3) is 2.67. The maximum Gasteiger partial charge on any atom is 0.126 e. The monoisotopic (exact) mass is 283 g/mol. The molecule has 3 aromatic rings. The second kappa shape index (κ2) is 5.30. The molecule has 0 fully saturated rings. The number of halogens is 1. The summed E-state index contributed by atoms with van der Waals surface area (Å²) in [6.45, 7) is 4.61. The van der Waals surface area contributed by atoms with Gasteiger partial charge in [0.05, 0.1) is 17.1 Å². The molecule has 2 aromatic carbocycles. The predicted molar refractivity (Wildman–Crippen MR) is 82.6 cm³/mol. The van der Waals surface area contributed by atoms with E-state index in [0.717, 1.165) is 22.4 Å². The van der Waals surface area contributed by atoms with Crippen LogP contribution in [0.25, 0.3) is 11.0 Å². The Labute approximate surface area is 123 Å². The number of aryl methyl sites for hydroxylation is 1. The van der Waals surface area contributed by atoms with Gasteiger partial charge in [-0.2, -0.15) is 0 Å². The van der Waals surface area contributed by atoms with Crippen LogP contribution >= 0.6 is 0 Å². The molecule has 2 N–H and O–H groups in total. The maximum absolute atomic E-state index is 13.0. The first-order valence-corrected chi connectivity index (χ1v) is 7.01. The molecule has 21 heavy (non-hydrogen) atoms. The van der Waals surface area contributed by atoms with E-state index >= 15 is 0 Å². The van der Waals surface area contributed by atoms with Crippen LogP contribution in [0.5, 0.6) is 0 Å². The summed E-state index contributed by atoms with van der Waals surface area (Å²) in [6, 6.07) is 12.6. The Hall–Kier alpha value is -2.20. The average molecular weight is 283 g/mol. The number of rotatable bonds is 3. The molecular weight excluding hydrogens is 265 g/mol. The fourth-order valence-corrected chi connectivity index (χ4v) is 2.54. The van der Waals surface area contributed by atoms with Gasteiger partial charge in [0.15, 0.2) is 0 Å². The first-order valence-electron chi connectivity index (χ1n) is 7.01. The van der Waals surface area contributed by atoms with Gasteiger partial charge in [-0.15, -0.1) is 0 Å². The molecule has 0 amide bonds. The zero-order valence-electron chi connectivity index (χ0n) is 12.2. The number of nitrogens with two attached hydrogens (primary N) is 1. The molecule has 0 saturated heterocycles. The Bertz CT molecular complexity index is 773. The Morgan fingerprint density at radius 3 is 2.57 bits per heavy atom. The lowest BCUT2D eigenvalue weighted by Crippen LogP contribution is -2.14. The highest BCUT2D eigenvalue weighted by atomic mass is 19.1. The van der Waals surface area contributed by atoms with Crippen molar-refractivity contribution in [2.75, 3.05) is 0 Å². The van der Waals surface area contributed by atoms with E-state index in [9.17, 15) is 4.39 Å². The molecule has 3 nitrogen and oxygen atoms in total. The maximum atomic E-state index is 13.0. The minimum Gasteiger partial charge on any atom is -0.322 e. The molecule has 0 aliphatic heterocycles. The van der Waals surface area contributed by atoms with Crippen LogP contribution in [0.2, 0.25) is 0 Å². The van der Waals surface area contributed by atoms with Crippen molar-refractivity contribution in [1.82, 2.24) is 9.55 Å². The van der Waals surface area contributed by atoms with Gasteiger partial charge in [0, 0.05) is 6.54 Å². The molecule has 108 valence electrons. The highest BCUT2D eigenvalue weighted by Crippen LogP contribution is 2.22. The highest BCUT2D eigenvalue weighted by molar-refractivity contribution is 5.77. The summed E-state index contributed by atoms with van der Waals surface area (Å²) in [4.78, 5) is 4.65. The van der Waals surface area contributed by atoms with Gasteiger partial charge in [0.1, 0.15) is 11.6 Å². The summed E-state index contributed by atoms with van der Waals surface area (Å²) in [6.07, 6.45) is 0. The Balaban J connectivity index is 2.10. The third-order valence-electron chi connectivity index (χ3n) is 3.59.